The van der Waals surface area contributed by atoms with E-state index in [0.717, 1.165) is 49.6 Å². The van der Waals surface area contributed by atoms with Gasteiger partial charge in [0, 0.05) is 76.8 Å². The van der Waals surface area contributed by atoms with E-state index in [1.54, 1.807) is 0 Å². The van der Waals surface area contributed by atoms with Crippen molar-refractivity contribution in [2.75, 3.05) is 0 Å². The van der Waals surface area contributed by atoms with Gasteiger partial charge >= 0.3 is 0 Å². The van der Waals surface area contributed by atoms with Crippen molar-refractivity contribution < 1.29 is 0 Å². The first-order valence-electron chi connectivity index (χ1n) is 34.2. The second kappa shape index (κ2) is 23.4. The maximum absolute atomic E-state index is 5.24. The van der Waals surface area contributed by atoms with E-state index in [0.29, 0.717) is 11.9 Å². The SMILES string of the molecule is CC(C)(C)c1nc(-n2c3ccccc3c3cc(-c4ccc(-c5ccc6c(c5)c5ccccc5n6-c5ccccc5)cc4)ccc32)nc2ccccc12.c1ccc(-n2c3ccccc3c3cc(-c4ccc(-c5ccc6c(c5)c5ccccc5n6-c5ncc6ccccc6n5)cc4)ccc32)cc1. The molecule has 0 saturated heterocycles. The van der Waals surface area contributed by atoms with Gasteiger partial charge < -0.3 is 9.13 Å². The maximum atomic E-state index is 5.24. The Balaban J connectivity index is 0.000000140. The molecule has 0 saturated carbocycles. The van der Waals surface area contributed by atoms with Crippen molar-refractivity contribution in [3.05, 3.63) is 339 Å². The molecule has 0 aliphatic rings. The van der Waals surface area contributed by atoms with Crippen LogP contribution in [0, 0.1) is 0 Å². The summed E-state index contributed by atoms with van der Waals surface area (Å²) >= 11 is 0. The average Bonchev–Trinajstić information content (AvgIpc) is 1.61. The minimum Gasteiger partial charge on any atom is -0.309 e. The number of hydrogen-bond acceptors (Lipinski definition) is 4. The fourth-order valence-corrected chi connectivity index (χ4v) is 15.3. The Bertz CT molecular complexity index is 6610. The van der Waals surface area contributed by atoms with Crippen LogP contribution in [0.1, 0.15) is 26.5 Å². The molecule has 472 valence electrons. The van der Waals surface area contributed by atoms with Crippen LogP contribution in [0.15, 0.2) is 334 Å². The summed E-state index contributed by atoms with van der Waals surface area (Å²) in [5, 5.41) is 11.9. The quantitative estimate of drug-likeness (QED) is 0.152. The summed E-state index contributed by atoms with van der Waals surface area (Å²) in [5.41, 5.74) is 23.9. The lowest BCUT2D eigenvalue weighted by Crippen LogP contribution is -2.17. The normalized spacial score (nSPS) is 11.9. The summed E-state index contributed by atoms with van der Waals surface area (Å²) in [5.74, 6) is 1.39. The Hall–Kier alpha value is -13.0. The van der Waals surface area contributed by atoms with E-state index in [9.17, 15) is 0 Å². The Kier molecular flexibility index (Phi) is 13.6. The lowest BCUT2D eigenvalue weighted by Gasteiger charge is -2.21. The van der Waals surface area contributed by atoms with Gasteiger partial charge in [0.05, 0.1) is 60.9 Å². The minimum atomic E-state index is -0.137. The molecule has 0 radical (unpaired) electrons. The molecule has 8 nitrogen and oxygen atoms in total. The highest BCUT2D eigenvalue weighted by molar-refractivity contribution is 6.14. The third-order valence-corrected chi connectivity index (χ3v) is 20.0. The molecule has 14 aromatic carbocycles. The van der Waals surface area contributed by atoms with Gasteiger partial charge in [0.15, 0.2) is 0 Å². The van der Waals surface area contributed by atoms with Gasteiger partial charge in [-0.15, -0.1) is 0 Å². The highest BCUT2D eigenvalue weighted by Gasteiger charge is 2.24. The summed E-state index contributed by atoms with van der Waals surface area (Å²) in [6.45, 7) is 6.66. The Labute approximate surface area is 577 Å². The number of benzene rings is 14. The molecule has 0 spiro atoms. The van der Waals surface area contributed by atoms with Crippen molar-refractivity contribution in [1.29, 1.82) is 0 Å². The minimum absolute atomic E-state index is 0.137. The molecular weight excluding hydrogens is 1220 g/mol. The number of fused-ring (bicyclic) bond motifs is 14. The fraction of sp³-hybridized carbons (Fsp3) is 0.0435. The first kappa shape index (κ1) is 58.3. The summed E-state index contributed by atoms with van der Waals surface area (Å²) < 4.78 is 9.12. The largest absolute Gasteiger partial charge is 0.309 e. The monoisotopic (exact) mass is 1280 g/mol. The molecule has 100 heavy (non-hydrogen) atoms. The van der Waals surface area contributed by atoms with Crippen molar-refractivity contribution in [1.82, 2.24) is 38.2 Å². The summed E-state index contributed by atoms with van der Waals surface area (Å²) in [7, 11) is 0. The van der Waals surface area contributed by atoms with Crippen molar-refractivity contribution in [2.45, 2.75) is 26.2 Å². The first-order valence-corrected chi connectivity index (χ1v) is 34.2. The van der Waals surface area contributed by atoms with Crippen LogP contribution in [0.3, 0.4) is 0 Å². The van der Waals surface area contributed by atoms with Crippen LogP contribution in [0.4, 0.5) is 0 Å². The predicted molar refractivity (Wildman–Crippen MR) is 417 cm³/mol. The van der Waals surface area contributed by atoms with Crippen LogP contribution in [0.2, 0.25) is 0 Å². The van der Waals surface area contributed by atoms with Gasteiger partial charge in [-0.1, -0.05) is 239 Å². The molecular formula is C92H64N8. The van der Waals surface area contributed by atoms with Crippen LogP contribution in [-0.2, 0) is 5.41 Å². The topological polar surface area (TPSA) is 71.3 Å². The van der Waals surface area contributed by atoms with Gasteiger partial charge in [0.25, 0.3) is 0 Å². The van der Waals surface area contributed by atoms with Crippen LogP contribution >= 0.6 is 0 Å². The fourth-order valence-electron chi connectivity index (χ4n) is 15.3. The number of hydrogen-bond donors (Lipinski definition) is 0. The van der Waals surface area contributed by atoms with E-state index in [1.807, 2.05) is 30.5 Å². The molecule has 0 atom stereocenters. The van der Waals surface area contributed by atoms with E-state index in [1.165, 1.54) is 121 Å². The molecule has 6 heterocycles. The van der Waals surface area contributed by atoms with Crippen molar-refractivity contribution in [3.8, 4) is 67.8 Å². The molecule has 6 aromatic heterocycles. The number of para-hydroxylation sites is 8. The van der Waals surface area contributed by atoms with Crippen LogP contribution in [-0.4, -0.2) is 38.2 Å². The van der Waals surface area contributed by atoms with Crippen molar-refractivity contribution in [3.63, 3.8) is 0 Å². The molecule has 20 rings (SSSR count). The average molecular weight is 1280 g/mol. The van der Waals surface area contributed by atoms with Gasteiger partial charge in [-0.2, -0.15) is 0 Å². The molecule has 8 heteroatoms. The Morgan fingerprint density at radius 3 is 0.940 bits per heavy atom. The van der Waals surface area contributed by atoms with Crippen molar-refractivity contribution in [2.24, 2.45) is 0 Å². The highest BCUT2D eigenvalue weighted by atomic mass is 15.2. The third-order valence-electron chi connectivity index (χ3n) is 20.0. The predicted octanol–water partition coefficient (Wildman–Crippen LogP) is 23.6. The van der Waals surface area contributed by atoms with Gasteiger partial charge in [-0.3, -0.25) is 9.13 Å². The van der Waals surface area contributed by atoms with E-state index >= 15 is 0 Å². The zero-order chi connectivity index (χ0) is 66.6. The summed E-state index contributed by atoms with van der Waals surface area (Å²) in [6, 6.07) is 117. The molecule has 0 N–H and O–H groups in total. The second-order valence-electron chi connectivity index (χ2n) is 27.0. The lowest BCUT2D eigenvalue weighted by atomic mass is 9.89. The number of rotatable bonds is 8. The van der Waals surface area contributed by atoms with Crippen molar-refractivity contribution >= 4 is 109 Å². The smallest absolute Gasteiger partial charge is 0.235 e. The Morgan fingerprint density at radius 1 is 0.230 bits per heavy atom. The number of aromatic nitrogens is 8. The standard InChI is InChI=1S/C48H36N4.C44H28N4/c1-48(2,3)46-38-17-7-10-18-41(38)49-47(50-46)52-43-20-12-9-16-37(43)40-30-34(26-28-45(40)52)32-23-21-31(22-24-32)33-25-27-44-39(29-33)36-15-8-11-19-42(36)51(44)35-13-5-4-6-14-35;1-2-11-34(12-3-1)47-40-16-8-5-13-35(40)37-26-31(22-24-42(37)47)29-18-20-30(21-19-29)32-23-25-43-38(27-32)36-14-6-9-17-41(36)48(43)44-45-28-33-10-4-7-15-39(33)46-44/h4-30H,1-3H3;1-28H. The van der Waals surface area contributed by atoms with Gasteiger partial charge in [0.1, 0.15) is 0 Å². The Morgan fingerprint density at radius 2 is 0.530 bits per heavy atom. The molecule has 0 bridgehead atoms. The van der Waals surface area contributed by atoms with E-state index in [-0.39, 0.29) is 5.41 Å². The zero-order valence-electron chi connectivity index (χ0n) is 55.3. The summed E-state index contributed by atoms with van der Waals surface area (Å²) in [4.78, 5) is 20.1. The molecule has 0 amide bonds. The molecule has 0 fully saturated rings. The van der Waals surface area contributed by atoms with Gasteiger partial charge in [0.2, 0.25) is 11.9 Å². The number of nitrogens with zero attached hydrogens (tertiary/aromatic N) is 8. The molecule has 0 unspecified atom stereocenters. The first-order chi connectivity index (χ1) is 49.2. The van der Waals surface area contributed by atoms with E-state index in [4.69, 9.17) is 19.9 Å². The maximum Gasteiger partial charge on any atom is 0.235 e. The van der Waals surface area contributed by atoms with Gasteiger partial charge in [-0.05, 0) is 154 Å². The molecule has 0 aliphatic carbocycles. The molecule has 20 aromatic rings. The van der Waals surface area contributed by atoms with Gasteiger partial charge in [-0.25, -0.2) is 19.9 Å². The van der Waals surface area contributed by atoms with E-state index in [2.05, 4.69) is 342 Å². The van der Waals surface area contributed by atoms with Crippen LogP contribution in [0.25, 0.3) is 177 Å². The summed E-state index contributed by atoms with van der Waals surface area (Å²) in [6.07, 6.45) is 1.91. The van der Waals surface area contributed by atoms with E-state index < -0.39 is 0 Å². The molecule has 0 aliphatic heterocycles. The lowest BCUT2D eigenvalue weighted by molar-refractivity contribution is 0.572. The van der Waals surface area contributed by atoms with Crippen LogP contribution < -0.4 is 0 Å². The highest BCUT2D eigenvalue weighted by Crippen LogP contribution is 2.42. The van der Waals surface area contributed by atoms with Crippen LogP contribution in [0.5, 0.6) is 0 Å². The second-order valence-corrected chi connectivity index (χ2v) is 27.0. The third kappa shape index (κ3) is 9.74. The zero-order valence-corrected chi connectivity index (χ0v) is 55.3.